The van der Waals surface area contributed by atoms with Crippen molar-refractivity contribution < 1.29 is 19.5 Å². The van der Waals surface area contributed by atoms with E-state index in [4.69, 9.17) is 5.11 Å². The smallest absolute Gasteiger partial charge is 0.354 e. The molecule has 1 N–H and O–H groups in total. The molecule has 8 heteroatoms. The Bertz CT molecular complexity index is 410. The lowest BCUT2D eigenvalue weighted by atomic mass is 10.2. The Kier molecular flexibility index (Phi) is 3.22. The summed E-state index contributed by atoms with van der Waals surface area (Å²) in [6, 6.07) is 0. The van der Waals surface area contributed by atoms with Crippen LogP contribution in [0, 0.1) is 0 Å². The summed E-state index contributed by atoms with van der Waals surface area (Å²) >= 11 is 3.18. The number of likely N-dealkylation sites (tertiary alicyclic amines) is 1. The summed E-state index contributed by atoms with van der Waals surface area (Å²) in [5, 5.41) is 8.94. The second kappa shape index (κ2) is 4.34. The number of aliphatic carboxylic acids is 1. The molecule has 2 aliphatic heterocycles. The van der Waals surface area contributed by atoms with Crippen molar-refractivity contribution in [3.8, 4) is 0 Å². The second-order valence-corrected chi connectivity index (χ2v) is 6.55. The Hall–Kier alpha value is -0.600. The molecular formula is C8H7NO4S3. The summed E-state index contributed by atoms with van der Waals surface area (Å²) in [6.07, 6.45) is 2.18. The zero-order valence-electron chi connectivity index (χ0n) is 8.13. The number of carbonyl (C=O) groups excluding carboxylic acids is 2. The summed E-state index contributed by atoms with van der Waals surface area (Å²) < 4.78 is 0.270. The van der Waals surface area contributed by atoms with Gasteiger partial charge in [-0.1, -0.05) is 0 Å². The van der Waals surface area contributed by atoms with Crippen LogP contribution in [0.2, 0.25) is 0 Å². The van der Waals surface area contributed by atoms with E-state index >= 15 is 0 Å². The van der Waals surface area contributed by atoms with Gasteiger partial charge in [-0.25, -0.2) is 4.79 Å². The predicted octanol–water partition coefficient (Wildman–Crippen LogP) is 1.76. The highest BCUT2D eigenvalue weighted by molar-refractivity contribution is 8.57. The van der Waals surface area contributed by atoms with Crippen LogP contribution in [0.25, 0.3) is 0 Å². The first-order chi connectivity index (χ1) is 7.54. The fourth-order valence-electron chi connectivity index (χ4n) is 1.39. The summed E-state index contributed by atoms with van der Waals surface area (Å²) in [4.78, 5) is 34.5. The van der Waals surface area contributed by atoms with Gasteiger partial charge >= 0.3 is 5.97 Å². The molecule has 2 fully saturated rings. The van der Waals surface area contributed by atoms with E-state index in [0.717, 1.165) is 23.5 Å². The van der Waals surface area contributed by atoms with Crippen LogP contribution in [-0.4, -0.2) is 38.0 Å². The normalized spacial score (nSPS) is 23.9. The molecule has 0 saturated carbocycles. The van der Waals surface area contributed by atoms with E-state index in [1.54, 1.807) is 0 Å². The van der Waals surface area contributed by atoms with Crippen LogP contribution < -0.4 is 0 Å². The number of nitrogens with zero attached hydrogens (tertiary/aromatic N) is 1. The van der Waals surface area contributed by atoms with Crippen molar-refractivity contribution in [1.82, 2.24) is 4.90 Å². The first-order valence-corrected chi connectivity index (χ1v) is 7.18. The molecule has 2 saturated heterocycles. The van der Waals surface area contributed by atoms with Gasteiger partial charge in [-0.15, -0.1) is 11.8 Å². The highest BCUT2D eigenvalue weighted by Gasteiger charge is 2.44. The largest absolute Gasteiger partial charge is 0.477 e. The van der Waals surface area contributed by atoms with Crippen molar-refractivity contribution in [1.29, 1.82) is 0 Å². The number of hydrogen-bond donors (Lipinski definition) is 1. The molecule has 0 aliphatic carbocycles. The van der Waals surface area contributed by atoms with E-state index in [1.165, 1.54) is 16.7 Å². The van der Waals surface area contributed by atoms with Gasteiger partial charge in [-0.2, -0.15) is 0 Å². The minimum absolute atomic E-state index is 0.0507. The highest BCUT2D eigenvalue weighted by atomic mass is 32.3. The number of carboxylic acid groups (broad SMARTS) is 1. The van der Waals surface area contributed by atoms with E-state index in [9.17, 15) is 14.4 Å². The molecule has 0 bridgehead atoms. The molecular weight excluding hydrogens is 270 g/mol. The van der Waals surface area contributed by atoms with Crippen LogP contribution >= 0.6 is 35.3 Å². The number of β-lactam (4-membered cyclic amide) rings is 1. The predicted molar refractivity (Wildman–Crippen MR) is 64.0 cm³/mol. The van der Waals surface area contributed by atoms with E-state index in [0.29, 0.717) is 10.7 Å². The van der Waals surface area contributed by atoms with Crippen molar-refractivity contribution >= 4 is 51.6 Å². The van der Waals surface area contributed by atoms with Crippen LogP contribution in [0.4, 0.5) is 4.79 Å². The third-order valence-electron chi connectivity index (χ3n) is 2.17. The Morgan fingerprint density at radius 2 is 2.12 bits per heavy atom. The maximum atomic E-state index is 11.4. The summed E-state index contributed by atoms with van der Waals surface area (Å²) in [5.74, 6) is -1.36. The van der Waals surface area contributed by atoms with Gasteiger partial charge in [0.2, 0.25) is 5.91 Å². The number of carbonyl (C=O) groups is 3. The minimum Gasteiger partial charge on any atom is -0.477 e. The maximum Gasteiger partial charge on any atom is 0.354 e. The molecule has 0 spiro atoms. The number of hydrogen-bond acceptors (Lipinski definition) is 6. The van der Waals surface area contributed by atoms with Crippen molar-refractivity contribution in [2.24, 2.45) is 0 Å². The van der Waals surface area contributed by atoms with E-state index in [-0.39, 0.29) is 21.4 Å². The van der Waals surface area contributed by atoms with Crippen molar-refractivity contribution in [2.45, 2.75) is 11.8 Å². The number of amides is 1. The molecule has 0 aromatic heterocycles. The summed E-state index contributed by atoms with van der Waals surface area (Å²) in [6.45, 7) is 0. The van der Waals surface area contributed by atoms with Crippen LogP contribution in [0.5, 0.6) is 0 Å². The number of carboxylic acids is 1. The average Bonchev–Trinajstić information content (AvgIpc) is 2.17. The lowest BCUT2D eigenvalue weighted by molar-refractivity contribution is -0.145. The van der Waals surface area contributed by atoms with Gasteiger partial charge < -0.3 is 5.11 Å². The van der Waals surface area contributed by atoms with Gasteiger partial charge in [0, 0.05) is 0 Å². The van der Waals surface area contributed by atoms with E-state index in [2.05, 4.69) is 0 Å². The van der Waals surface area contributed by atoms with Crippen LogP contribution in [0.1, 0.15) is 6.42 Å². The quantitative estimate of drug-likeness (QED) is 0.622. The molecule has 0 aromatic rings. The molecule has 1 amide bonds. The van der Waals surface area contributed by atoms with Crippen molar-refractivity contribution in [3.05, 3.63) is 9.93 Å². The van der Waals surface area contributed by atoms with Gasteiger partial charge in [0.15, 0.2) is 5.70 Å². The molecule has 1 unspecified atom stereocenters. The van der Waals surface area contributed by atoms with Crippen molar-refractivity contribution in [2.75, 3.05) is 6.26 Å². The van der Waals surface area contributed by atoms with Gasteiger partial charge in [0.05, 0.1) is 16.0 Å². The molecule has 2 heterocycles. The van der Waals surface area contributed by atoms with Gasteiger partial charge in [-0.3, -0.25) is 14.5 Å². The standard InChI is InChI=1S/C8H7NO4S3/c1-14-4-2-3(10)9(4)5(6(11)12)7-15-8(13)16-7/h4H,2H2,1H3,(H,11,12). The molecule has 1 atom stereocenters. The van der Waals surface area contributed by atoms with E-state index in [1.807, 2.05) is 6.26 Å². The maximum absolute atomic E-state index is 11.4. The topological polar surface area (TPSA) is 74.7 Å². The number of rotatable bonds is 3. The molecule has 2 aliphatic rings. The Balaban J connectivity index is 2.27. The molecule has 86 valence electrons. The highest BCUT2D eigenvalue weighted by Crippen LogP contribution is 2.50. The molecule has 0 aromatic carbocycles. The Morgan fingerprint density at radius 1 is 1.50 bits per heavy atom. The Labute approximate surface area is 104 Å². The zero-order valence-corrected chi connectivity index (χ0v) is 10.6. The van der Waals surface area contributed by atoms with Crippen LogP contribution in [0.3, 0.4) is 0 Å². The third kappa shape index (κ3) is 1.85. The second-order valence-electron chi connectivity index (χ2n) is 3.05. The van der Waals surface area contributed by atoms with Crippen LogP contribution in [-0.2, 0) is 9.59 Å². The minimum atomic E-state index is -1.16. The lowest BCUT2D eigenvalue weighted by Gasteiger charge is -2.40. The fraction of sp³-hybridized carbons (Fsp3) is 0.375. The molecule has 2 rings (SSSR count). The third-order valence-corrected chi connectivity index (χ3v) is 5.18. The fourth-order valence-corrected chi connectivity index (χ4v) is 3.72. The number of thioether (sulfide) groups is 3. The first kappa shape index (κ1) is 11.9. The summed E-state index contributed by atoms with van der Waals surface area (Å²) in [5.41, 5.74) is -0.0507. The average molecular weight is 277 g/mol. The zero-order chi connectivity index (χ0) is 11.9. The van der Waals surface area contributed by atoms with Crippen LogP contribution in [0.15, 0.2) is 9.93 Å². The van der Waals surface area contributed by atoms with Gasteiger partial charge in [-0.05, 0) is 29.8 Å². The molecule has 5 nitrogen and oxygen atoms in total. The van der Waals surface area contributed by atoms with E-state index < -0.39 is 5.97 Å². The monoisotopic (exact) mass is 277 g/mol. The van der Waals surface area contributed by atoms with Gasteiger partial charge in [0.1, 0.15) is 0 Å². The molecule has 0 radical (unpaired) electrons. The molecule has 16 heavy (non-hydrogen) atoms. The summed E-state index contributed by atoms with van der Waals surface area (Å²) in [7, 11) is 0. The lowest BCUT2D eigenvalue weighted by Crippen LogP contribution is -2.51. The first-order valence-electron chi connectivity index (χ1n) is 4.26. The van der Waals surface area contributed by atoms with Gasteiger partial charge in [0.25, 0.3) is 4.45 Å². The Morgan fingerprint density at radius 3 is 2.50 bits per heavy atom. The van der Waals surface area contributed by atoms with Crippen molar-refractivity contribution in [3.63, 3.8) is 0 Å². The SMILES string of the molecule is CSC1CC(=O)N1C(C(=O)O)=C1SC(=O)S1.